The normalized spacial score (nSPS) is 11.2. The van der Waals surface area contributed by atoms with E-state index in [1.165, 1.54) is 20.3 Å². The molecule has 8 nitrogen and oxygen atoms in total. The molecule has 2 rings (SSSR count). The molecule has 0 aliphatic carbocycles. The zero-order chi connectivity index (χ0) is 25.6. The second kappa shape index (κ2) is 11.1. The highest BCUT2D eigenvalue weighted by atomic mass is 19.2. The monoisotopic (exact) mass is 482 g/mol. The summed E-state index contributed by atoms with van der Waals surface area (Å²) in [6, 6.07) is 5.00. The van der Waals surface area contributed by atoms with Gasteiger partial charge >= 0.3 is 12.0 Å². The third kappa shape index (κ3) is 6.33. The molecule has 2 aromatic rings. The minimum Gasteiger partial charge on any atom is -0.456 e. The maximum atomic E-state index is 15.0. The van der Waals surface area contributed by atoms with E-state index in [4.69, 9.17) is 14.2 Å². The van der Waals surface area contributed by atoms with Gasteiger partial charge in [-0.15, -0.1) is 0 Å². The van der Waals surface area contributed by atoms with Gasteiger partial charge in [-0.25, -0.2) is 27.7 Å². The van der Waals surface area contributed by atoms with Gasteiger partial charge in [-0.1, -0.05) is 6.07 Å². The number of rotatable bonds is 7. The Balaban J connectivity index is 2.43. The van der Waals surface area contributed by atoms with Crippen LogP contribution in [0.5, 0.6) is 0 Å². The summed E-state index contributed by atoms with van der Waals surface area (Å²) in [5, 5.41) is 0. The maximum absolute atomic E-state index is 15.0. The number of benzene rings is 2. The lowest BCUT2D eigenvalue weighted by Crippen LogP contribution is -2.48. The quantitative estimate of drug-likeness (QED) is 0.431. The maximum Gasteiger partial charge on any atom is 0.338 e. The first-order valence-corrected chi connectivity index (χ1v) is 9.99. The molecule has 0 atom stereocenters. The number of hydrogen-bond acceptors (Lipinski definition) is 6. The molecule has 0 saturated carbocycles. The fraction of sp³-hybridized carbons (Fsp3) is 0.348. The van der Waals surface area contributed by atoms with Crippen molar-refractivity contribution in [2.45, 2.75) is 26.4 Å². The molecule has 0 unspecified atom stereocenters. The van der Waals surface area contributed by atoms with E-state index < -0.39 is 60.0 Å². The number of hydrogen-bond donors (Lipinski definition) is 0. The molecule has 0 aliphatic heterocycles. The number of ether oxygens (including phenoxy) is 3. The third-order valence-corrected chi connectivity index (χ3v) is 4.28. The van der Waals surface area contributed by atoms with Crippen LogP contribution in [0, 0.1) is 17.5 Å². The van der Waals surface area contributed by atoms with Crippen LogP contribution in [0.25, 0.3) is 0 Å². The van der Waals surface area contributed by atoms with E-state index in [0.717, 1.165) is 35.2 Å². The summed E-state index contributed by atoms with van der Waals surface area (Å²) in [5.41, 5.74) is -1.97. The first-order valence-electron chi connectivity index (χ1n) is 9.99. The smallest absolute Gasteiger partial charge is 0.338 e. The van der Waals surface area contributed by atoms with Gasteiger partial charge in [0.15, 0.2) is 11.6 Å². The van der Waals surface area contributed by atoms with Crippen LogP contribution in [0.15, 0.2) is 36.4 Å². The number of halogens is 3. The van der Waals surface area contributed by atoms with Crippen LogP contribution in [0.1, 0.15) is 41.5 Å². The molecule has 0 aromatic heterocycles. The second-order valence-corrected chi connectivity index (χ2v) is 8.05. The van der Waals surface area contributed by atoms with Gasteiger partial charge in [0, 0.05) is 14.2 Å². The summed E-state index contributed by atoms with van der Waals surface area (Å²) in [7, 11) is 2.40. The van der Waals surface area contributed by atoms with E-state index in [1.54, 1.807) is 20.8 Å². The van der Waals surface area contributed by atoms with E-state index in [-0.39, 0.29) is 11.3 Å². The SMILES string of the molecule is COCN(C(=O)c1cccc(F)c1F)C(=O)N(COC)c1ccc(C(=O)OC(C)(C)C)cc1F. The summed E-state index contributed by atoms with van der Waals surface area (Å²) in [5.74, 6) is -5.72. The van der Waals surface area contributed by atoms with Crippen molar-refractivity contribution in [3.05, 3.63) is 65.0 Å². The molecule has 3 amide bonds. The number of imide groups is 1. The van der Waals surface area contributed by atoms with E-state index in [9.17, 15) is 27.6 Å². The number of urea groups is 1. The Morgan fingerprint density at radius 1 is 0.912 bits per heavy atom. The summed E-state index contributed by atoms with van der Waals surface area (Å²) < 4.78 is 57.8. The second-order valence-electron chi connectivity index (χ2n) is 8.05. The molecule has 0 N–H and O–H groups in total. The summed E-state index contributed by atoms with van der Waals surface area (Å²) in [6.45, 7) is 3.79. The van der Waals surface area contributed by atoms with Crippen molar-refractivity contribution in [3.8, 4) is 0 Å². The Labute approximate surface area is 194 Å². The van der Waals surface area contributed by atoms with Crippen molar-refractivity contribution in [1.82, 2.24) is 4.90 Å². The van der Waals surface area contributed by atoms with Crippen molar-refractivity contribution < 1.29 is 41.8 Å². The average Bonchev–Trinajstić information content (AvgIpc) is 2.76. The number of esters is 1. The van der Waals surface area contributed by atoms with Crippen LogP contribution in [0.3, 0.4) is 0 Å². The summed E-state index contributed by atoms with van der Waals surface area (Å²) in [4.78, 5) is 39.5. The number of nitrogens with zero attached hydrogens (tertiary/aromatic N) is 2. The lowest BCUT2D eigenvalue weighted by molar-refractivity contribution is 0.00688. The van der Waals surface area contributed by atoms with Gasteiger partial charge in [-0.2, -0.15) is 0 Å². The highest BCUT2D eigenvalue weighted by Gasteiger charge is 2.32. The van der Waals surface area contributed by atoms with Crippen molar-refractivity contribution in [1.29, 1.82) is 0 Å². The first-order chi connectivity index (χ1) is 15.9. The average molecular weight is 482 g/mol. The van der Waals surface area contributed by atoms with Gasteiger partial charge in [0.2, 0.25) is 0 Å². The van der Waals surface area contributed by atoms with Gasteiger partial charge in [0.05, 0.1) is 16.8 Å². The largest absolute Gasteiger partial charge is 0.456 e. The van der Waals surface area contributed by atoms with E-state index in [0.29, 0.717) is 4.90 Å². The van der Waals surface area contributed by atoms with Crippen molar-refractivity contribution in [2.75, 3.05) is 32.6 Å². The Bertz CT molecular complexity index is 1070. The molecule has 0 bridgehead atoms. The highest BCUT2D eigenvalue weighted by molar-refractivity contribution is 6.09. The minimum absolute atomic E-state index is 0.104. The third-order valence-electron chi connectivity index (χ3n) is 4.28. The molecule has 0 radical (unpaired) electrons. The number of carbonyl (C=O) groups is 3. The molecule has 11 heteroatoms. The van der Waals surface area contributed by atoms with Crippen molar-refractivity contribution in [3.63, 3.8) is 0 Å². The van der Waals surface area contributed by atoms with Crippen LogP contribution < -0.4 is 4.90 Å². The molecule has 0 spiro atoms. The van der Waals surface area contributed by atoms with Gasteiger partial charge in [-0.3, -0.25) is 9.69 Å². The Morgan fingerprint density at radius 3 is 2.12 bits per heavy atom. The molecule has 2 aromatic carbocycles. The van der Waals surface area contributed by atoms with Crippen LogP contribution in [-0.4, -0.2) is 56.1 Å². The molecule has 0 aliphatic rings. The number of amides is 3. The van der Waals surface area contributed by atoms with E-state index in [1.807, 2.05) is 0 Å². The standard InChI is InChI=1S/C23H25F3N2O6/c1-23(2,3)34-21(30)14-9-10-18(17(25)11-14)27(12-32-4)22(31)28(13-33-5)20(29)15-7-6-8-16(24)19(15)26/h6-11H,12-13H2,1-5H3. The molecule has 0 saturated heterocycles. The van der Waals surface area contributed by atoms with Gasteiger partial charge in [0.25, 0.3) is 5.91 Å². The summed E-state index contributed by atoms with van der Waals surface area (Å²) in [6.07, 6.45) is 0. The van der Waals surface area contributed by atoms with Crippen LogP contribution in [-0.2, 0) is 14.2 Å². The van der Waals surface area contributed by atoms with Gasteiger partial charge in [0.1, 0.15) is 24.9 Å². The first kappa shape index (κ1) is 26.8. The summed E-state index contributed by atoms with van der Waals surface area (Å²) >= 11 is 0. The topological polar surface area (TPSA) is 85.4 Å². The molecule has 0 fully saturated rings. The molecule has 0 heterocycles. The van der Waals surface area contributed by atoms with Crippen molar-refractivity contribution in [2.24, 2.45) is 0 Å². The van der Waals surface area contributed by atoms with E-state index >= 15 is 0 Å². The van der Waals surface area contributed by atoms with Crippen molar-refractivity contribution >= 4 is 23.6 Å². The minimum atomic E-state index is -1.45. The molecule has 34 heavy (non-hydrogen) atoms. The zero-order valence-electron chi connectivity index (χ0n) is 19.4. The van der Waals surface area contributed by atoms with Gasteiger partial charge < -0.3 is 14.2 Å². The predicted octanol–water partition coefficient (Wildman–Crippen LogP) is 4.34. The fourth-order valence-electron chi connectivity index (χ4n) is 2.84. The van der Waals surface area contributed by atoms with Crippen LogP contribution in [0.2, 0.25) is 0 Å². The van der Waals surface area contributed by atoms with Gasteiger partial charge in [-0.05, 0) is 51.1 Å². The van der Waals surface area contributed by atoms with E-state index in [2.05, 4.69) is 0 Å². The Hall–Kier alpha value is -3.44. The highest BCUT2D eigenvalue weighted by Crippen LogP contribution is 2.24. The Kier molecular flexibility index (Phi) is 8.77. The molecular weight excluding hydrogens is 457 g/mol. The lowest BCUT2D eigenvalue weighted by Gasteiger charge is -2.29. The number of anilines is 1. The fourth-order valence-corrected chi connectivity index (χ4v) is 2.84. The molecular formula is C23H25F3N2O6. The lowest BCUT2D eigenvalue weighted by atomic mass is 10.1. The predicted molar refractivity (Wildman–Crippen MR) is 116 cm³/mol. The number of carbonyl (C=O) groups excluding carboxylic acids is 3. The van der Waals surface area contributed by atoms with Crippen LogP contribution in [0.4, 0.5) is 23.7 Å². The molecule has 184 valence electrons. The Morgan fingerprint density at radius 2 is 1.56 bits per heavy atom. The van der Waals surface area contributed by atoms with Crippen LogP contribution >= 0.6 is 0 Å². The zero-order valence-corrected chi connectivity index (χ0v) is 19.4. The number of methoxy groups -OCH3 is 2.